The number of nitrogens with one attached hydrogen (secondary N) is 1. The Balaban J connectivity index is 2.69. The average Bonchev–Trinajstić information content (AvgIpc) is 2.20. The Morgan fingerprint density at radius 3 is 3.00 bits per heavy atom. The minimum atomic E-state index is -0.473. The lowest BCUT2D eigenvalue weighted by molar-refractivity contribution is 0.628. The first-order valence-electron chi connectivity index (χ1n) is 4.22. The summed E-state index contributed by atoms with van der Waals surface area (Å²) in [6.45, 7) is 2.17. The van der Waals surface area contributed by atoms with Gasteiger partial charge in [0.2, 0.25) is 0 Å². The van der Waals surface area contributed by atoms with Gasteiger partial charge in [-0.2, -0.15) is 5.26 Å². The van der Waals surface area contributed by atoms with Crippen LogP contribution in [0.1, 0.15) is 6.92 Å². The minimum absolute atomic E-state index is 0.0830. The molecule has 74 valence electrons. The van der Waals surface area contributed by atoms with Crippen LogP contribution in [-0.2, 0) is 0 Å². The fraction of sp³-hybridized carbons (Fsp3) is 0.300. The van der Waals surface area contributed by atoms with E-state index < -0.39 is 5.82 Å². The summed E-state index contributed by atoms with van der Waals surface area (Å²) in [5, 5.41) is 11.4. The first-order valence-corrected chi connectivity index (χ1v) is 4.60. The summed E-state index contributed by atoms with van der Waals surface area (Å²) in [6.07, 6.45) is 0. The van der Waals surface area contributed by atoms with Crippen molar-refractivity contribution in [3.8, 4) is 6.07 Å². The third kappa shape index (κ3) is 2.61. The zero-order valence-corrected chi connectivity index (χ0v) is 8.48. The molecule has 0 aliphatic heterocycles. The van der Waals surface area contributed by atoms with Crippen LogP contribution in [0.4, 0.5) is 10.1 Å². The Kier molecular flexibility index (Phi) is 3.73. The lowest BCUT2D eigenvalue weighted by atomic mass is 10.2. The van der Waals surface area contributed by atoms with Crippen molar-refractivity contribution in [2.24, 2.45) is 5.92 Å². The van der Waals surface area contributed by atoms with Crippen molar-refractivity contribution in [1.82, 2.24) is 0 Å². The molecule has 4 heteroatoms. The van der Waals surface area contributed by atoms with E-state index in [1.807, 2.05) is 0 Å². The maximum absolute atomic E-state index is 13.3. The number of benzene rings is 1. The molecule has 1 unspecified atom stereocenters. The maximum Gasteiger partial charge on any atom is 0.164 e. The molecule has 0 aliphatic rings. The second-order valence-corrected chi connectivity index (χ2v) is 3.42. The molecular weight excluding hydrogens is 203 g/mol. The van der Waals surface area contributed by atoms with Gasteiger partial charge in [-0.25, -0.2) is 4.39 Å². The van der Waals surface area contributed by atoms with Crippen LogP contribution in [0, 0.1) is 23.1 Å². The first kappa shape index (κ1) is 10.8. The number of hydrogen-bond donors (Lipinski definition) is 1. The van der Waals surface area contributed by atoms with Crippen LogP contribution in [0.15, 0.2) is 18.2 Å². The molecule has 14 heavy (non-hydrogen) atoms. The van der Waals surface area contributed by atoms with E-state index in [1.54, 1.807) is 19.1 Å². The molecule has 0 amide bonds. The van der Waals surface area contributed by atoms with Crippen LogP contribution in [0.3, 0.4) is 0 Å². The summed E-state index contributed by atoms with van der Waals surface area (Å²) in [4.78, 5) is 0. The van der Waals surface area contributed by atoms with Gasteiger partial charge in [-0.1, -0.05) is 17.7 Å². The topological polar surface area (TPSA) is 35.8 Å². The summed E-state index contributed by atoms with van der Waals surface area (Å²) in [7, 11) is 0. The fourth-order valence-electron chi connectivity index (χ4n) is 0.949. The monoisotopic (exact) mass is 212 g/mol. The average molecular weight is 213 g/mol. The van der Waals surface area contributed by atoms with Gasteiger partial charge in [0.25, 0.3) is 0 Å². The largest absolute Gasteiger partial charge is 0.381 e. The molecular formula is C10H10ClFN2. The molecule has 0 saturated heterocycles. The predicted molar refractivity (Wildman–Crippen MR) is 54.7 cm³/mol. The Morgan fingerprint density at radius 2 is 2.36 bits per heavy atom. The number of halogens is 2. The van der Waals surface area contributed by atoms with E-state index in [4.69, 9.17) is 16.9 Å². The van der Waals surface area contributed by atoms with E-state index in [9.17, 15) is 4.39 Å². The third-order valence-corrected chi connectivity index (χ3v) is 2.06. The Labute approximate surface area is 87.3 Å². The number of hydrogen-bond acceptors (Lipinski definition) is 2. The van der Waals surface area contributed by atoms with Crippen LogP contribution >= 0.6 is 11.6 Å². The standard InChI is InChI=1S/C10H10ClFN2/c1-7(5-13)6-14-9-4-2-3-8(11)10(9)12/h2-4,7,14H,6H2,1H3. The normalized spacial score (nSPS) is 11.9. The molecule has 1 rings (SSSR count). The predicted octanol–water partition coefficient (Wildman–Crippen LogP) is 3.05. The Hall–Kier alpha value is -1.27. The smallest absolute Gasteiger partial charge is 0.164 e. The summed E-state index contributed by atoms with van der Waals surface area (Å²) >= 11 is 5.58. The van der Waals surface area contributed by atoms with Crippen molar-refractivity contribution in [1.29, 1.82) is 5.26 Å². The van der Waals surface area contributed by atoms with E-state index in [0.29, 0.717) is 12.2 Å². The molecule has 1 N–H and O–H groups in total. The fourth-order valence-corrected chi connectivity index (χ4v) is 1.12. The van der Waals surface area contributed by atoms with Crippen LogP contribution in [0.2, 0.25) is 5.02 Å². The number of rotatable bonds is 3. The summed E-state index contributed by atoms with van der Waals surface area (Å²) in [6, 6.07) is 6.78. The number of nitrogens with zero attached hydrogens (tertiary/aromatic N) is 1. The van der Waals surface area contributed by atoms with Gasteiger partial charge in [0.05, 0.1) is 22.7 Å². The van der Waals surface area contributed by atoms with Gasteiger partial charge in [0.15, 0.2) is 5.82 Å². The Morgan fingerprint density at radius 1 is 1.64 bits per heavy atom. The minimum Gasteiger partial charge on any atom is -0.381 e. The zero-order chi connectivity index (χ0) is 10.6. The molecule has 0 aliphatic carbocycles. The van der Waals surface area contributed by atoms with Gasteiger partial charge >= 0.3 is 0 Å². The van der Waals surface area contributed by atoms with Gasteiger partial charge in [-0.15, -0.1) is 0 Å². The highest BCUT2D eigenvalue weighted by molar-refractivity contribution is 6.31. The van der Waals surface area contributed by atoms with Crippen molar-refractivity contribution in [2.45, 2.75) is 6.92 Å². The van der Waals surface area contributed by atoms with E-state index >= 15 is 0 Å². The molecule has 1 aromatic rings. The zero-order valence-electron chi connectivity index (χ0n) is 7.72. The highest BCUT2D eigenvalue weighted by Gasteiger charge is 2.06. The molecule has 0 fully saturated rings. The second-order valence-electron chi connectivity index (χ2n) is 3.01. The molecule has 0 aromatic heterocycles. The molecule has 2 nitrogen and oxygen atoms in total. The van der Waals surface area contributed by atoms with Crippen LogP contribution < -0.4 is 5.32 Å². The quantitative estimate of drug-likeness (QED) is 0.836. The van der Waals surface area contributed by atoms with E-state index in [2.05, 4.69) is 11.4 Å². The maximum atomic E-state index is 13.3. The number of anilines is 1. The molecule has 1 aromatic carbocycles. The van der Waals surface area contributed by atoms with Crippen molar-refractivity contribution >= 4 is 17.3 Å². The van der Waals surface area contributed by atoms with Crippen molar-refractivity contribution < 1.29 is 4.39 Å². The van der Waals surface area contributed by atoms with Crippen LogP contribution in [-0.4, -0.2) is 6.54 Å². The highest BCUT2D eigenvalue weighted by Crippen LogP contribution is 2.21. The molecule has 0 saturated carbocycles. The van der Waals surface area contributed by atoms with Gasteiger partial charge in [-0.05, 0) is 19.1 Å². The molecule has 0 spiro atoms. The number of nitriles is 1. The highest BCUT2D eigenvalue weighted by atomic mass is 35.5. The van der Waals surface area contributed by atoms with Gasteiger partial charge in [0.1, 0.15) is 0 Å². The lowest BCUT2D eigenvalue weighted by Gasteiger charge is -2.08. The van der Waals surface area contributed by atoms with Gasteiger partial charge in [0, 0.05) is 6.54 Å². The van der Waals surface area contributed by atoms with Crippen molar-refractivity contribution in [2.75, 3.05) is 11.9 Å². The molecule has 0 bridgehead atoms. The lowest BCUT2D eigenvalue weighted by Crippen LogP contribution is -2.10. The molecule has 0 heterocycles. The summed E-state index contributed by atoms with van der Waals surface area (Å²) in [5.74, 6) is -0.632. The van der Waals surface area contributed by atoms with Crippen molar-refractivity contribution in [3.63, 3.8) is 0 Å². The van der Waals surface area contributed by atoms with Crippen LogP contribution in [0.5, 0.6) is 0 Å². The van der Waals surface area contributed by atoms with Gasteiger partial charge in [-0.3, -0.25) is 0 Å². The Bertz CT molecular complexity index is 360. The second kappa shape index (κ2) is 4.83. The molecule has 0 radical (unpaired) electrons. The van der Waals surface area contributed by atoms with Gasteiger partial charge < -0.3 is 5.32 Å². The SMILES string of the molecule is CC(C#N)CNc1cccc(Cl)c1F. The van der Waals surface area contributed by atoms with Crippen molar-refractivity contribution in [3.05, 3.63) is 29.0 Å². The van der Waals surface area contributed by atoms with Crippen LogP contribution in [0.25, 0.3) is 0 Å². The summed E-state index contributed by atoms with van der Waals surface area (Å²) < 4.78 is 13.3. The first-order chi connectivity index (χ1) is 6.65. The molecule has 1 atom stereocenters. The third-order valence-electron chi connectivity index (χ3n) is 1.77. The van der Waals surface area contributed by atoms with E-state index in [-0.39, 0.29) is 10.9 Å². The van der Waals surface area contributed by atoms with E-state index in [1.165, 1.54) is 6.07 Å². The van der Waals surface area contributed by atoms with E-state index in [0.717, 1.165) is 0 Å². The summed E-state index contributed by atoms with van der Waals surface area (Å²) in [5.41, 5.74) is 0.333.